The zero-order chi connectivity index (χ0) is 14.5. The van der Waals surface area contributed by atoms with Gasteiger partial charge in [-0.25, -0.2) is 4.79 Å². The Labute approximate surface area is 126 Å². The smallest absolute Gasteiger partial charge is 0.414 e. The van der Waals surface area contributed by atoms with Gasteiger partial charge in [0.25, 0.3) is 0 Å². The normalized spacial score (nSPS) is 19.6. The summed E-state index contributed by atoms with van der Waals surface area (Å²) in [6.45, 7) is 2.14. The molecule has 0 atom stereocenters. The molecule has 1 saturated carbocycles. The van der Waals surface area contributed by atoms with Gasteiger partial charge in [0.1, 0.15) is 6.61 Å². The van der Waals surface area contributed by atoms with Crippen molar-refractivity contribution in [3.63, 3.8) is 0 Å². The highest BCUT2D eigenvalue weighted by Gasteiger charge is 2.23. The molecule has 0 aromatic heterocycles. The summed E-state index contributed by atoms with van der Waals surface area (Å²) >= 11 is 0. The Kier molecular flexibility index (Phi) is 4.63. The van der Waals surface area contributed by atoms with Gasteiger partial charge in [-0.1, -0.05) is 38.2 Å². The monoisotopic (exact) mass is 288 g/mol. The topological polar surface area (TPSA) is 41.6 Å². The average molecular weight is 288 g/mol. The van der Waals surface area contributed by atoms with Crippen molar-refractivity contribution in [3.8, 4) is 0 Å². The molecule has 0 radical (unpaired) electrons. The van der Waals surface area contributed by atoms with Crippen LogP contribution in [0.3, 0.4) is 0 Å². The highest BCUT2D eigenvalue weighted by Crippen LogP contribution is 2.27. The first-order valence-electron chi connectivity index (χ1n) is 8.11. The largest absolute Gasteiger partial charge is 0.447 e. The number of nitrogens with one attached hydrogen (secondary N) is 1. The molecule has 0 unspecified atom stereocenters. The van der Waals surface area contributed by atoms with E-state index in [1.165, 1.54) is 38.5 Å². The molecule has 1 aromatic carbocycles. The van der Waals surface area contributed by atoms with Gasteiger partial charge >= 0.3 is 6.09 Å². The molecule has 1 aliphatic carbocycles. The zero-order valence-corrected chi connectivity index (χ0v) is 12.5. The SMILES string of the molecule is O=C1OCCN1c1cccc(NCCC2CCCCC2)c1. The van der Waals surface area contributed by atoms with Gasteiger partial charge in [0.05, 0.1) is 6.54 Å². The van der Waals surface area contributed by atoms with Gasteiger partial charge < -0.3 is 10.1 Å². The van der Waals surface area contributed by atoms with E-state index in [1.54, 1.807) is 4.90 Å². The molecule has 1 saturated heterocycles. The van der Waals surface area contributed by atoms with Crippen molar-refractivity contribution in [2.75, 3.05) is 29.9 Å². The minimum Gasteiger partial charge on any atom is -0.447 e. The maximum Gasteiger partial charge on any atom is 0.414 e. The van der Waals surface area contributed by atoms with Gasteiger partial charge in [-0.2, -0.15) is 0 Å². The lowest BCUT2D eigenvalue weighted by Crippen LogP contribution is -2.23. The molecule has 1 heterocycles. The molecular formula is C17H24N2O2. The standard InChI is InChI=1S/C17H24N2O2/c20-17-19(11-12-21-17)16-8-4-7-15(13-16)18-10-9-14-5-2-1-3-6-14/h4,7-8,13-14,18H,1-3,5-6,9-12H2. The summed E-state index contributed by atoms with van der Waals surface area (Å²) in [6.07, 6.45) is 8.00. The lowest BCUT2D eigenvalue weighted by Gasteiger charge is -2.22. The summed E-state index contributed by atoms with van der Waals surface area (Å²) in [5, 5.41) is 3.49. The van der Waals surface area contributed by atoms with Crippen LogP contribution in [0.2, 0.25) is 0 Å². The second kappa shape index (κ2) is 6.83. The molecule has 1 amide bonds. The van der Waals surface area contributed by atoms with E-state index in [4.69, 9.17) is 4.74 Å². The number of hydrogen-bond acceptors (Lipinski definition) is 3. The second-order valence-corrected chi connectivity index (χ2v) is 6.04. The third-order valence-electron chi connectivity index (χ3n) is 4.53. The molecule has 4 nitrogen and oxygen atoms in total. The van der Waals surface area contributed by atoms with E-state index in [0.717, 1.165) is 23.8 Å². The summed E-state index contributed by atoms with van der Waals surface area (Å²) in [5.74, 6) is 0.892. The fourth-order valence-electron chi connectivity index (χ4n) is 3.31. The number of hydrogen-bond donors (Lipinski definition) is 1. The number of cyclic esters (lactones) is 1. The first-order valence-corrected chi connectivity index (χ1v) is 8.11. The van der Waals surface area contributed by atoms with Crippen molar-refractivity contribution in [1.82, 2.24) is 0 Å². The van der Waals surface area contributed by atoms with E-state index in [9.17, 15) is 4.79 Å². The molecule has 1 N–H and O–H groups in total. The molecule has 1 aromatic rings. The van der Waals surface area contributed by atoms with Crippen LogP contribution in [0.15, 0.2) is 24.3 Å². The third-order valence-corrected chi connectivity index (χ3v) is 4.53. The summed E-state index contributed by atoms with van der Waals surface area (Å²) in [5.41, 5.74) is 2.00. The Morgan fingerprint density at radius 3 is 2.86 bits per heavy atom. The highest BCUT2D eigenvalue weighted by molar-refractivity contribution is 5.89. The van der Waals surface area contributed by atoms with Gasteiger partial charge in [-0.05, 0) is 30.5 Å². The highest BCUT2D eigenvalue weighted by atomic mass is 16.6. The average Bonchev–Trinajstić information content (AvgIpc) is 2.95. The first-order chi connectivity index (χ1) is 10.3. The predicted octanol–water partition coefficient (Wildman–Crippen LogP) is 4.03. The maximum absolute atomic E-state index is 11.6. The lowest BCUT2D eigenvalue weighted by molar-refractivity contribution is 0.181. The van der Waals surface area contributed by atoms with Gasteiger partial charge in [0.15, 0.2) is 0 Å². The number of carbonyl (C=O) groups is 1. The van der Waals surface area contributed by atoms with Crippen LogP contribution in [0.1, 0.15) is 38.5 Å². The van der Waals surface area contributed by atoms with Crippen LogP contribution in [0.4, 0.5) is 16.2 Å². The third kappa shape index (κ3) is 3.69. The Balaban J connectivity index is 1.52. The van der Waals surface area contributed by atoms with Crippen LogP contribution in [0.25, 0.3) is 0 Å². The van der Waals surface area contributed by atoms with Gasteiger partial charge in [0, 0.05) is 17.9 Å². The fraction of sp³-hybridized carbons (Fsp3) is 0.588. The summed E-state index contributed by atoms with van der Waals surface area (Å²) in [7, 11) is 0. The van der Waals surface area contributed by atoms with Crippen molar-refractivity contribution in [2.24, 2.45) is 5.92 Å². The summed E-state index contributed by atoms with van der Waals surface area (Å²) < 4.78 is 4.99. The van der Waals surface area contributed by atoms with Crippen LogP contribution in [0, 0.1) is 5.92 Å². The van der Waals surface area contributed by atoms with E-state index < -0.39 is 0 Å². The Bertz CT molecular complexity index is 483. The molecule has 0 spiro atoms. The van der Waals surface area contributed by atoms with Gasteiger partial charge in [-0.15, -0.1) is 0 Å². The number of carbonyl (C=O) groups excluding carboxylic acids is 1. The van der Waals surface area contributed by atoms with E-state index in [-0.39, 0.29) is 6.09 Å². The number of rotatable bonds is 5. The number of nitrogens with zero attached hydrogens (tertiary/aromatic N) is 1. The number of amides is 1. The Morgan fingerprint density at radius 1 is 1.24 bits per heavy atom. The summed E-state index contributed by atoms with van der Waals surface area (Å²) in [6, 6.07) is 8.04. The van der Waals surface area contributed by atoms with Crippen molar-refractivity contribution in [2.45, 2.75) is 38.5 Å². The van der Waals surface area contributed by atoms with E-state index in [0.29, 0.717) is 13.2 Å². The number of benzene rings is 1. The Morgan fingerprint density at radius 2 is 2.10 bits per heavy atom. The van der Waals surface area contributed by atoms with E-state index in [1.807, 2.05) is 18.2 Å². The predicted molar refractivity (Wildman–Crippen MR) is 84.8 cm³/mol. The summed E-state index contributed by atoms with van der Waals surface area (Å²) in [4.78, 5) is 13.3. The first kappa shape index (κ1) is 14.2. The molecule has 21 heavy (non-hydrogen) atoms. The lowest BCUT2D eigenvalue weighted by atomic mass is 9.87. The fourth-order valence-corrected chi connectivity index (χ4v) is 3.31. The molecule has 1 aliphatic heterocycles. The zero-order valence-electron chi connectivity index (χ0n) is 12.5. The van der Waals surface area contributed by atoms with Crippen molar-refractivity contribution >= 4 is 17.5 Å². The van der Waals surface area contributed by atoms with Crippen LogP contribution >= 0.6 is 0 Å². The van der Waals surface area contributed by atoms with Crippen molar-refractivity contribution in [3.05, 3.63) is 24.3 Å². The van der Waals surface area contributed by atoms with Gasteiger partial charge in [-0.3, -0.25) is 4.90 Å². The second-order valence-electron chi connectivity index (χ2n) is 6.04. The van der Waals surface area contributed by atoms with Crippen LogP contribution in [-0.4, -0.2) is 25.8 Å². The van der Waals surface area contributed by atoms with Crippen LogP contribution < -0.4 is 10.2 Å². The molecular weight excluding hydrogens is 264 g/mol. The minimum atomic E-state index is -0.241. The van der Waals surface area contributed by atoms with Crippen molar-refractivity contribution < 1.29 is 9.53 Å². The van der Waals surface area contributed by atoms with E-state index >= 15 is 0 Å². The van der Waals surface area contributed by atoms with Gasteiger partial charge in [0.2, 0.25) is 0 Å². The quantitative estimate of drug-likeness (QED) is 0.889. The number of ether oxygens (including phenoxy) is 1. The molecule has 2 aliphatic rings. The molecule has 0 bridgehead atoms. The van der Waals surface area contributed by atoms with E-state index in [2.05, 4.69) is 11.4 Å². The minimum absolute atomic E-state index is 0.241. The molecule has 2 fully saturated rings. The Hall–Kier alpha value is -1.71. The molecule has 4 heteroatoms. The van der Waals surface area contributed by atoms with Crippen LogP contribution in [-0.2, 0) is 4.74 Å². The van der Waals surface area contributed by atoms with Crippen molar-refractivity contribution in [1.29, 1.82) is 0 Å². The number of anilines is 2. The molecule has 3 rings (SSSR count). The molecule has 114 valence electrons. The maximum atomic E-state index is 11.6. The van der Waals surface area contributed by atoms with Crippen LogP contribution in [0.5, 0.6) is 0 Å².